The summed E-state index contributed by atoms with van der Waals surface area (Å²) in [6.45, 7) is 10.7. The summed E-state index contributed by atoms with van der Waals surface area (Å²) >= 11 is 0. The first kappa shape index (κ1) is 15.5. The van der Waals surface area contributed by atoms with E-state index in [1.54, 1.807) is 0 Å². The Kier molecular flexibility index (Phi) is 4.27. The van der Waals surface area contributed by atoms with Crippen LogP contribution in [0, 0.1) is 0 Å². The maximum absolute atomic E-state index is 10.8. The van der Waals surface area contributed by atoms with Gasteiger partial charge in [-0.2, -0.15) is 0 Å². The molecular weight excluding hydrogens is 248 g/mol. The Morgan fingerprint density at radius 3 is 2.05 bits per heavy atom. The first-order valence-corrected chi connectivity index (χ1v) is 7.65. The first-order chi connectivity index (χ1) is 9.18. The lowest BCUT2D eigenvalue weighted by Crippen LogP contribution is -2.44. The molecule has 1 fully saturated rings. The highest BCUT2D eigenvalue weighted by Crippen LogP contribution is 2.32. The van der Waals surface area contributed by atoms with Crippen LogP contribution in [0.5, 0.6) is 0 Å². The van der Waals surface area contributed by atoms with E-state index in [9.17, 15) is 5.11 Å². The van der Waals surface area contributed by atoms with Crippen LogP contribution in [0.15, 0.2) is 24.3 Å². The normalized spacial score (nSPS) is 31.3. The Labute approximate surface area is 123 Å². The van der Waals surface area contributed by atoms with Gasteiger partial charge in [-0.3, -0.25) is 0 Å². The van der Waals surface area contributed by atoms with Gasteiger partial charge in [0, 0.05) is 19.3 Å². The molecule has 1 saturated heterocycles. The van der Waals surface area contributed by atoms with Crippen LogP contribution < -0.4 is 0 Å². The molecule has 20 heavy (non-hydrogen) atoms. The van der Waals surface area contributed by atoms with Gasteiger partial charge in [-0.05, 0) is 30.4 Å². The van der Waals surface area contributed by atoms with Crippen molar-refractivity contribution in [3.8, 4) is 0 Å². The van der Waals surface area contributed by atoms with Crippen LogP contribution in [0.1, 0.15) is 58.6 Å². The average molecular weight is 276 g/mol. The molecule has 2 heteroatoms. The molecule has 0 aromatic heterocycles. The zero-order valence-corrected chi connectivity index (χ0v) is 13.4. The molecule has 1 aliphatic heterocycles. The summed E-state index contributed by atoms with van der Waals surface area (Å²) in [7, 11) is 0. The maximum atomic E-state index is 10.8. The summed E-state index contributed by atoms with van der Waals surface area (Å²) in [6, 6.07) is 8.68. The van der Waals surface area contributed by atoms with Gasteiger partial charge in [0.1, 0.15) is 0 Å². The van der Waals surface area contributed by atoms with Crippen LogP contribution in [0.4, 0.5) is 0 Å². The molecule has 2 atom stereocenters. The van der Waals surface area contributed by atoms with E-state index in [0.717, 1.165) is 19.3 Å². The molecular formula is C18H28O2. The lowest BCUT2D eigenvalue weighted by atomic mass is 9.81. The molecule has 1 N–H and O–H groups in total. The van der Waals surface area contributed by atoms with Crippen molar-refractivity contribution in [1.29, 1.82) is 0 Å². The minimum atomic E-state index is -0.625. The zero-order valence-electron chi connectivity index (χ0n) is 13.4. The Bertz CT molecular complexity index is 431. The SMILES string of the molecule is CC1CC(O)(Cc2ccc(C(C)(C)C)cc2)CC(C)O1. The molecule has 112 valence electrons. The summed E-state index contributed by atoms with van der Waals surface area (Å²) in [4.78, 5) is 0. The number of benzene rings is 1. The van der Waals surface area contributed by atoms with Crippen molar-refractivity contribution in [3.63, 3.8) is 0 Å². The van der Waals surface area contributed by atoms with Gasteiger partial charge in [0.05, 0.1) is 17.8 Å². The van der Waals surface area contributed by atoms with E-state index >= 15 is 0 Å². The van der Waals surface area contributed by atoms with Gasteiger partial charge >= 0.3 is 0 Å². The minimum absolute atomic E-state index is 0.137. The fourth-order valence-electron chi connectivity index (χ4n) is 3.29. The molecule has 0 bridgehead atoms. The molecule has 0 aliphatic carbocycles. The first-order valence-electron chi connectivity index (χ1n) is 7.65. The smallest absolute Gasteiger partial charge is 0.0737 e. The highest BCUT2D eigenvalue weighted by Gasteiger charge is 2.36. The number of hydrogen-bond acceptors (Lipinski definition) is 2. The Balaban J connectivity index is 2.09. The largest absolute Gasteiger partial charge is 0.389 e. The third-order valence-corrected chi connectivity index (χ3v) is 4.15. The molecule has 1 aromatic carbocycles. The predicted molar refractivity (Wildman–Crippen MR) is 83.0 cm³/mol. The van der Waals surface area contributed by atoms with Crippen molar-refractivity contribution >= 4 is 0 Å². The van der Waals surface area contributed by atoms with Crippen LogP contribution in [0.2, 0.25) is 0 Å². The summed E-state index contributed by atoms with van der Waals surface area (Å²) in [5, 5.41) is 10.8. The molecule has 0 amide bonds. The third kappa shape index (κ3) is 3.83. The van der Waals surface area contributed by atoms with E-state index in [1.807, 2.05) is 13.8 Å². The van der Waals surface area contributed by atoms with Crippen LogP contribution in [0.3, 0.4) is 0 Å². The van der Waals surface area contributed by atoms with E-state index in [2.05, 4.69) is 45.0 Å². The van der Waals surface area contributed by atoms with Crippen molar-refractivity contribution in [2.24, 2.45) is 0 Å². The predicted octanol–water partition coefficient (Wildman–Crippen LogP) is 3.85. The lowest BCUT2D eigenvalue weighted by molar-refractivity contribution is -0.130. The summed E-state index contributed by atoms with van der Waals surface area (Å²) in [5.74, 6) is 0. The molecule has 1 aliphatic rings. The van der Waals surface area contributed by atoms with E-state index in [4.69, 9.17) is 4.74 Å². The van der Waals surface area contributed by atoms with Crippen molar-refractivity contribution in [3.05, 3.63) is 35.4 Å². The third-order valence-electron chi connectivity index (χ3n) is 4.15. The second-order valence-electron chi connectivity index (χ2n) is 7.51. The van der Waals surface area contributed by atoms with Gasteiger partial charge in [0.25, 0.3) is 0 Å². The number of aliphatic hydroxyl groups is 1. The van der Waals surface area contributed by atoms with Crippen molar-refractivity contribution in [2.45, 2.75) is 77.1 Å². The Hall–Kier alpha value is -0.860. The maximum Gasteiger partial charge on any atom is 0.0737 e. The van der Waals surface area contributed by atoms with Crippen LogP contribution in [-0.2, 0) is 16.6 Å². The monoisotopic (exact) mass is 276 g/mol. The van der Waals surface area contributed by atoms with E-state index in [-0.39, 0.29) is 17.6 Å². The van der Waals surface area contributed by atoms with Crippen LogP contribution in [0.25, 0.3) is 0 Å². The highest BCUT2D eigenvalue weighted by atomic mass is 16.5. The Morgan fingerprint density at radius 2 is 1.60 bits per heavy atom. The fraction of sp³-hybridized carbons (Fsp3) is 0.667. The second-order valence-corrected chi connectivity index (χ2v) is 7.51. The van der Waals surface area contributed by atoms with Gasteiger partial charge < -0.3 is 9.84 Å². The van der Waals surface area contributed by atoms with E-state index in [0.29, 0.717) is 0 Å². The molecule has 2 rings (SSSR count). The molecule has 2 nitrogen and oxygen atoms in total. The van der Waals surface area contributed by atoms with E-state index in [1.165, 1.54) is 11.1 Å². The van der Waals surface area contributed by atoms with Crippen molar-refractivity contribution in [1.82, 2.24) is 0 Å². The molecule has 1 heterocycles. The number of rotatable bonds is 2. The average Bonchev–Trinajstić information content (AvgIpc) is 2.25. The summed E-state index contributed by atoms with van der Waals surface area (Å²) in [5.41, 5.74) is 2.10. The van der Waals surface area contributed by atoms with E-state index < -0.39 is 5.60 Å². The van der Waals surface area contributed by atoms with Gasteiger partial charge in [-0.25, -0.2) is 0 Å². The van der Waals surface area contributed by atoms with Crippen LogP contribution in [-0.4, -0.2) is 22.9 Å². The van der Waals surface area contributed by atoms with Gasteiger partial charge in [0.15, 0.2) is 0 Å². The number of hydrogen-bond donors (Lipinski definition) is 1. The van der Waals surface area contributed by atoms with Crippen molar-refractivity contribution in [2.75, 3.05) is 0 Å². The molecule has 0 spiro atoms. The van der Waals surface area contributed by atoms with Gasteiger partial charge in [-0.1, -0.05) is 45.0 Å². The topological polar surface area (TPSA) is 29.5 Å². The summed E-state index contributed by atoms with van der Waals surface area (Å²) in [6.07, 6.45) is 2.43. The molecule has 2 unspecified atom stereocenters. The quantitative estimate of drug-likeness (QED) is 0.889. The molecule has 0 radical (unpaired) electrons. The highest BCUT2D eigenvalue weighted by molar-refractivity contribution is 5.28. The zero-order chi connectivity index (χ0) is 15.0. The standard InChI is InChI=1S/C18H28O2/c1-13-10-18(19,11-14(2)20-13)12-15-6-8-16(9-7-15)17(3,4)5/h6-9,13-14,19H,10-12H2,1-5H3. The fourth-order valence-corrected chi connectivity index (χ4v) is 3.29. The minimum Gasteiger partial charge on any atom is -0.389 e. The van der Waals surface area contributed by atoms with Gasteiger partial charge in [0.2, 0.25) is 0 Å². The molecule has 1 aromatic rings. The van der Waals surface area contributed by atoms with Crippen molar-refractivity contribution < 1.29 is 9.84 Å². The molecule has 0 saturated carbocycles. The summed E-state index contributed by atoms with van der Waals surface area (Å²) < 4.78 is 5.72. The van der Waals surface area contributed by atoms with Gasteiger partial charge in [-0.15, -0.1) is 0 Å². The lowest BCUT2D eigenvalue weighted by Gasteiger charge is -2.39. The number of ether oxygens (including phenoxy) is 1. The van der Waals surface area contributed by atoms with Crippen LogP contribution >= 0.6 is 0 Å². The Morgan fingerprint density at radius 1 is 1.10 bits per heavy atom. The second kappa shape index (κ2) is 5.50.